The molecular weight excluding hydrogens is 192 g/mol. The molecule has 0 atom stereocenters. The first-order chi connectivity index (χ1) is 6.97. The predicted octanol–water partition coefficient (Wildman–Crippen LogP) is 2.00. The van der Waals surface area contributed by atoms with Gasteiger partial charge in [-0.1, -0.05) is 13.8 Å². The van der Waals surface area contributed by atoms with Crippen LogP contribution < -0.4 is 10.6 Å². The smallest absolute Gasteiger partial charge is 0.407 e. The Labute approximate surface area is 94.2 Å². The molecule has 2 N–H and O–H groups in total. The van der Waals surface area contributed by atoms with E-state index in [4.69, 9.17) is 4.74 Å². The number of carbonyl (C=O) groups excluding carboxylic acids is 1. The molecule has 0 aromatic rings. The summed E-state index contributed by atoms with van der Waals surface area (Å²) in [6, 6.07) is 0. The molecule has 1 amide bonds. The standard InChI is InChI=1S/C9H18N2O2.C2H6.H2/c1-9(2,3)13-8(12)11-6-7-4-10-5-7;1-2;/h7,10H,4-6H2,1-3H3,(H,11,12);1-2H3;1H. The minimum absolute atomic E-state index is 0. The van der Waals surface area contributed by atoms with Crippen molar-refractivity contribution in [3.8, 4) is 0 Å². The fraction of sp³-hybridized carbons (Fsp3) is 0.909. The number of alkyl carbamates (subject to hydrolysis) is 1. The van der Waals surface area contributed by atoms with Crippen LogP contribution in [0.2, 0.25) is 0 Å². The Bertz CT molecular complexity index is 189. The van der Waals surface area contributed by atoms with E-state index in [1.54, 1.807) is 0 Å². The summed E-state index contributed by atoms with van der Waals surface area (Å²) in [5.74, 6) is 0.576. The molecule has 1 saturated heterocycles. The van der Waals surface area contributed by atoms with Crippen LogP contribution in [-0.2, 0) is 4.74 Å². The predicted molar refractivity (Wildman–Crippen MR) is 64.1 cm³/mol. The second kappa shape index (κ2) is 6.67. The number of ether oxygens (including phenoxy) is 1. The number of nitrogens with one attached hydrogen (secondary N) is 2. The van der Waals surface area contributed by atoms with Crippen LogP contribution >= 0.6 is 0 Å². The monoisotopic (exact) mass is 218 g/mol. The van der Waals surface area contributed by atoms with Gasteiger partial charge in [-0.2, -0.15) is 0 Å². The molecular formula is C11H26N2O2. The van der Waals surface area contributed by atoms with Crippen LogP contribution in [0.25, 0.3) is 0 Å². The summed E-state index contributed by atoms with van der Waals surface area (Å²) in [6.45, 7) is 12.3. The van der Waals surface area contributed by atoms with Gasteiger partial charge in [0.05, 0.1) is 0 Å². The highest BCUT2D eigenvalue weighted by Crippen LogP contribution is 2.07. The maximum Gasteiger partial charge on any atom is 0.407 e. The summed E-state index contributed by atoms with van der Waals surface area (Å²) < 4.78 is 5.09. The summed E-state index contributed by atoms with van der Waals surface area (Å²) in [7, 11) is 0. The van der Waals surface area contributed by atoms with E-state index < -0.39 is 5.60 Å². The lowest BCUT2D eigenvalue weighted by Crippen LogP contribution is -2.48. The Hall–Kier alpha value is -0.770. The molecule has 0 aromatic carbocycles. The molecule has 0 aromatic heterocycles. The molecule has 1 rings (SSSR count). The highest BCUT2D eigenvalue weighted by Gasteiger charge is 2.20. The van der Waals surface area contributed by atoms with Gasteiger partial charge >= 0.3 is 6.09 Å². The van der Waals surface area contributed by atoms with E-state index in [-0.39, 0.29) is 7.52 Å². The van der Waals surface area contributed by atoms with Crippen LogP contribution in [0.5, 0.6) is 0 Å². The number of amides is 1. The van der Waals surface area contributed by atoms with E-state index >= 15 is 0 Å². The summed E-state index contributed by atoms with van der Waals surface area (Å²) in [6.07, 6.45) is -0.320. The minimum Gasteiger partial charge on any atom is -0.444 e. The first-order valence-electron chi connectivity index (χ1n) is 5.65. The molecule has 0 unspecified atom stereocenters. The van der Waals surface area contributed by atoms with Gasteiger partial charge in [0.15, 0.2) is 0 Å². The van der Waals surface area contributed by atoms with Gasteiger partial charge in [-0.15, -0.1) is 0 Å². The van der Waals surface area contributed by atoms with Gasteiger partial charge in [0, 0.05) is 27.0 Å². The lowest BCUT2D eigenvalue weighted by Gasteiger charge is -2.27. The average molecular weight is 218 g/mol. The van der Waals surface area contributed by atoms with E-state index in [2.05, 4.69) is 10.6 Å². The van der Waals surface area contributed by atoms with Crippen molar-refractivity contribution in [2.75, 3.05) is 19.6 Å². The molecule has 0 radical (unpaired) electrons. The molecule has 1 aliphatic rings. The molecule has 1 heterocycles. The third kappa shape index (κ3) is 7.19. The lowest BCUT2D eigenvalue weighted by atomic mass is 10.0. The van der Waals surface area contributed by atoms with Crippen molar-refractivity contribution in [3.63, 3.8) is 0 Å². The second-order valence-electron chi connectivity index (χ2n) is 4.41. The van der Waals surface area contributed by atoms with E-state index in [0.717, 1.165) is 13.1 Å². The molecule has 1 fully saturated rings. The third-order valence-electron chi connectivity index (χ3n) is 1.80. The number of carbonyl (C=O) groups is 1. The Morgan fingerprint density at radius 1 is 1.47 bits per heavy atom. The van der Waals surface area contributed by atoms with Gasteiger partial charge in [-0.3, -0.25) is 0 Å². The molecule has 1 aliphatic heterocycles. The molecule has 4 nitrogen and oxygen atoms in total. The Morgan fingerprint density at radius 2 is 2.00 bits per heavy atom. The molecule has 0 saturated carbocycles. The first-order valence-corrected chi connectivity index (χ1v) is 5.65. The fourth-order valence-electron chi connectivity index (χ4n) is 1.03. The third-order valence-corrected chi connectivity index (χ3v) is 1.80. The first kappa shape index (κ1) is 14.2. The Balaban J connectivity index is 0. The van der Waals surface area contributed by atoms with Crippen molar-refractivity contribution in [1.29, 1.82) is 0 Å². The Kier molecular flexibility index (Phi) is 6.32. The van der Waals surface area contributed by atoms with Crippen molar-refractivity contribution in [1.82, 2.24) is 10.6 Å². The normalized spacial score (nSPS) is 15.8. The van der Waals surface area contributed by atoms with Crippen molar-refractivity contribution < 1.29 is 11.0 Å². The quantitative estimate of drug-likeness (QED) is 0.745. The van der Waals surface area contributed by atoms with Gasteiger partial charge in [0.1, 0.15) is 5.60 Å². The van der Waals surface area contributed by atoms with Crippen LogP contribution in [-0.4, -0.2) is 31.3 Å². The summed E-state index contributed by atoms with van der Waals surface area (Å²) in [4.78, 5) is 11.1. The average Bonchev–Trinajstić information content (AvgIpc) is 2.01. The SMILES string of the molecule is CC.CC(C)(C)OC(=O)NCC1CNC1.[HH]. The Morgan fingerprint density at radius 3 is 2.33 bits per heavy atom. The molecule has 15 heavy (non-hydrogen) atoms. The van der Waals surface area contributed by atoms with Gasteiger partial charge in [0.25, 0.3) is 0 Å². The van der Waals surface area contributed by atoms with E-state index in [9.17, 15) is 4.79 Å². The van der Waals surface area contributed by atoms with Crippen LogP contribution in [0.15, 0.2) is 0 Å². The molecule has 4 heteroatoms. The molecule has 0 spiro atoms. The molecule has 0 bridgehead atoms. The van der Waals surface area contributed by atoms with Gasteiger partial charge < -0.3 is 15.4 Å². The van der Waals surface area contributed by atoms with Crippen LogP contribution in [0.3, 0.4) is 0 Å². The van der Waals surface area contributed by atoms with Gasteiger partial charge in [0.2, 0.25) is 0 Å². The largest absolute Gasteiger partial charge is 0.444 e. The van der Waals surface area contributed by atoms with E-state index in [0.29, 0.717) is 12.5 Å². The second-order valence-corrected chi connectivity index (χ2v) is 4.41. The summed E-state index contributed by atoms with van der Waals surface area (Å²) in [5.41, 5.74) is -0.401. The van der Waals surface area contributed by atoms with Crippen LogP contribution in [0.4, 0.5) is 4.79 Å². The van der Waals surface area contributed by atoms with Crippen molar-refractivity contribution in [3.05, 3.63) is 0 Å². The highest BCUT2D eigenvalue weighted by atomic mass is 16.6. The van der Waals surface area contributed by atoms with Crippen LogP contribution in [0, 0.1) is 5.92 Å². The highest BCUT2D eigenvalue weighted by molar-refractivity contribution is 5.67. The van der Waals surface area contributed by atoms with Crippen molar-refractivity contribution in [2.45, 2.75) is 40.2 Å². The minimum atomic E-state index is -0.401. The summed E-state index contributed by atoms with van der Waals surface area (Å²) >= 11 is 0. The zero-order valence-electron chi connectivity index (χ0n) is 10.5. The van der Waals surface area contributed by atoms with E-state index in [1.165, 1.54) is 0 Å². The number of hydrogen-bond acceptors (Lipinski definition) is 3. The maximum atomic E-state index is 11.1. The number of rotatable bonds is 2. The van der Waals surface area contributed by atoms with Crippen molar-refractivity contribution in [2.24, 2.45) is 5.92 Å². The van der Waals surface area contributed by atoms with Crippen LogP contribution in [0.1, 0.15) is 36.0 Å². The van der Waals surface area contributed by atoms with Gasteiger partial charge in [-0.25, -0.2) is 4.79 Å². The zero-order chi connectivity index (χ0) is 11.9. The lowest BCUT2D eigenvalue weighted by molar-refractivity contribution is 0.0514. The fourth-order valence-corrected chi connectivity index (χ4v) is 1.03. The van der Waals surface area contributed by atoms with Gasteiger partial charge in [-0.05, 0) is 20.8 Å². The molecule has 0 aliphatic carbocycles. The zero-order valence-corrected chi connectivity index (χ0v) is 10.5. The maximum absolute atomic E-state index is 11.1. The molecule has 92 valence electrons. The number of hydrogen-bond donors (Lipinski definition) is 2. The topological polar surface area (TPSA) is 50.4 Å². The van der Waals surface area contributed by atoms with Crippen molar-refractivity contribution >= 4 is 6.09 Å². The summed E-state index contributed by atoms with van der Waals surface area (Å²) in [5, 5.41) is 5.88. The van der Waals surface area contributed by atoms with E-state index in [1.807, 2.05) is 34.6 Å².